The predicted octanol–water partition coefficient (Wildman–Crippen LogP) is 11.7. The maximum absolute atomic E-state index is 13.7. The second-order valence-electron chi connectivity index (χ2n) is 24.3. The molecule has 8 heterocycles. The Balaban J connectivity index is 0.000000124. The Kier molecular flexibility index (Phi) is 21.2. The van der Waals surface area contributed by atoms with Crippen LogP contribution in [-0.2, 0) is 26.2 Å². The van der Waals surface area contributed by atoms with Crippen LogP contribution in [0.15, 0.2) is 97.1 Å². The van der Waals surface area contributed by atoms with Crippen LogP contribution in [0.25, 0.3) is 4.85 Å². The molecule has 20 N–H and O–H groups in total. The number of nitrogens with zero attached hydrogens (tertiary/aromatic N) is 17. The third-order valence-corrected chi connectivity index (χ3v) is 16.3. The molecule has 8 aromatic heterocycles. The van der Waals surface area contributed by atoms with Gasteiger partial charge in [0.15, 0.2) is 29.0 Å². The summed E-state index contributed by atoms with van der Waals surface area (Å²) in [4.78, 5) is 52.3. The van der Waals surface area contributed by atoms with Crippen molar-refractivity contribution in [2.45, 2.75) is 101 Å². The molecule has 0 radical (unpaired) electrons. The quantitative estimate of drug-likeness (QED) is 0.0197. The lowest BCUT2D eigenvalue weighted by molar-refractivity contribution is 0.526. The van der Waals surface area contributed by atoms with Gasteiger partial charge in [0.1, 0.15) is 34.9 Å². The molecule has 12 aromatic rings. The number of hydrogen-bond donors (Lipinski definition) is 16. The predicted molar refractivity (Wildman–Crippen MR) is 378 cm³/mol. The van der Waals surface area contributed by atoms with Crippen molar-refractivity contribution in [3.8, 4) is 0 Å². The van der Waals surface area contributed by atoms with Crippen molar-refractivity contribution in [2.24, 2.45) is 0 Å². The summed E-state index contributed by atoms with van der Waals surface area (Å²) in [5.41, 5.74) is 29.5. The first-order valence-corrected chi connectivity index (χ1v) is 33.0. The first-order valence-electron chi connectivity index (χ1n) is 32.6. The van der Waals surface area contributed by atoms with Crippen LogP contribution in [0.5, 0.6) is 0 Å². The summed E-state index contributed by atoms with van der Waals surface area (Å²) in [6, 6.07) is 23.7. The highest BCUT2D eigenvalue weighted by Gasteiger charge is 2.29. The lowest BCUT2D eigenvalue weighted by Crippen LogP contribution is -2.11. The largest absolute Gasteiger partial charge is 0.368 e. The molecule has 4 fully saturated rings. The van der Waals surface area contributed by atoms with Gasteiger partial charge in [0.2, 0.25) is 71.4 Å². The summed E-state index contributed by atoms with van der Waals surface area (Å²) in [7, 11) is 0. The van der Waals surface area contributed by atoms with Crippen molar-refractivity contribution in [1.29, 1.82) is 0 Å². The standard InChI is InChI=1S/C17H17N9.C16H16ClFN8.C16H15F3N8.C16H16F2N8/c1-19-12-6-2-10(3-7-12)9-20-16-22-15(18)23-17(24-16)21-14-8-13(25-26-14)11-4-5-11;17-11-5-10(18)4-3-9(11)7-20-15-22-14(19)23-16(24-15)21-13-6-12(25-26-13)8-1-2-8;17-8-3-10(18)9(11(19)4-8)6-21-15-23-14(20)24-16(25-15)22-13-5-12(26-27-13)7-1-2-7;17-10-4-3-9(11(18)5-10)7-20-15-22-14(19)23-16(24-15)21-13-6-12(25-26-13)8-1-2-8/h2-3,6-8,11H,4-5,9H2,(H5,18,20,21,22,23,24,25,26);3-6,8H,1-2,7H2,(H5,19,20,21,22,23,24,25,26);3-5,7H,1-2,6H2,(H5,20,21,22,23,24,25,26,27);3-6,8H,1-2,7H2,(H5,19,20,21,22,23,24,25,26). The molecule has 40 heteroatoms. The third kappa shape index (κ3) is 20.0. The number of nitrogens with one attached hydrogen (secondary N) is 12. The molecule has 0 unspecified atom stereocenters. The molecule has 16 rings (SSSR count). The number of nitrogen functional groups attached to an aromatic ring is 4. The minimum absolute atomic E-state index is 0.00234. The van der Waals surface area contributed by atoms with E-state index in [-0.39, 0.29) is 89.5 Å². The van der Waals surface area contributed by atoms with Crippen molar-refractivity contribution in [3.05, 3.63) is 193 Å². The van der Waals surface area contributed by atoms with E-state index in [9.17, 15) is 26.3 Å². The SMILES string of the molecule is Nc1nc(NCc2c(F)cc(F)cc2F)nc(Nc2cc(C3CC3)[nH]n2)n1.Nc1nc(NCc2ccc(F)cc2Cl)nc(Nc2cc(C3CC3)[nH]n2)n1.Nc1nc(NCc2ccc(F)cc2F)nc(Nc2cc(C3CC3)[nH]n2)n1.[C-]#[N+]c1ccc(CNc2nc(N)nc(Nc3cc(C4CC4)[nH]n3)n2)cc1. The number of aromatic amines is 4. The van der Waals surface area contributed by atoms with E-state index in [1.165, 1.54) is 49.9 Å². The molecule has 4 aliphatic rings. The number of hydrogen-bond acceptors (Lipinski definition) is 28. The van der Waals surface area contributed by atoms with Crippen LogP contribution in [0.2, 0.25) is 5.02 Å². The second kappa shape index (κ2) is 31.7. The average molecular weight is 1460 g/mol. The van der Waals surface area contributed by atoms with Crippen molar-refractivity contribution in [2.75, 3.05) is 65.5 Å². The van der Waals surface area contributed by atoms with Gasteiger partial charge in [-0.2, -0.15) is 80.2 Å². The summed E-state index contributed by atoms with van der Waals surface area (Å²) in [6.45, 7) is 7.57. The molecule has 4 aliphatic carbocycles. The highest BCUT2D eigenvalue weighted by Crippen LogP contribution is 2.42. The summed E-state index contributed by atoms with van der Waals surface area (Å²) < 4.78 is 80.1. The Bertz CT molecular complexity index is 4890. The molecule has 538 valence electrons. The molecule has 105 heavy (non-hydrogen) atoms. The zero-order chi connectivity index (χ0) is 73.1. The smallest absolute Gasteiger partial charge is 0.235 e. The van der Waals surface area contributed by atoms with Crippen LogP contribution in [-0.4, -0.2) is 101 Å². The summed E-state index contributed by atoms with van der Waals surface area (Å²) >= 11 is 6.02. The van der Waals surface area contributed by atoms with Crippen LogP contribution in [0, 0.1) is 41.5 Å². The first kappa shape index (κ1) is 70.2. The Morgan fingerprint density at radius 2 is 0.695 bits per heavy atom. The van der Waals surface area contributed by atoms with Crippen LogP contribution >= 0.6 is 11.6 Å². The van der Waals surface area contributed by atoms with E-state index < -0.39 is 29.1 Å². The zero-order valence-electron chi connectivity index (χ0n) is 55.1. The fraction of sp³-hybridized carbons (Fsp3) is 0.246. The number of anilines is 16. The van der Waals surface area contributed by atoms with E-state index in [1.54, 1.807) is 18.2 Å². The molecule has 0 atom stereocenters. The van der Waals surface area contributed by atoms with Gasteiger partial charge in [-0.15, -0.1) is 0 Å². The number of rotatable bonds is 24. The molecule has 0 bridgehead atoms. The molecular formula is C65H64ClF6N33. The maximum Gasteiger partial charge on any atom is 0.235 e. The topological polar surface area (TPSA) is 474 Å². The van der Waals surface area contributed by atoms with Crippen LogP contribution < -0.4 is 65.5 Å². The Labute approximate surface area is 596 Å². The number of benzene rings is 4. The fourth-order valence-electron chi connectivity index (χ4n) is 10.0. The van der Waals surface area contributed by atoms with E-state index in [4.69, 9.17) is 41.1 Å². The molecule has 4 saturated carbocycles. The molecule has 33 nitrogen and oxygen atoms in total. The third-order valence-electron chi connectivity index (χ3n) is 16.0. The lowest BCUT2D eigenvalue weighted by Gasteiger charge is -2.09. The van der Waals surface area contributed by atoms with E-state index in [1.807, 2.05) is 36.4 Å². The van der Waals surface area contributed by atoms with Crippen LogP contribution in [0.4, 0.5) is 127 Å². The van der Waals surface area contributed by atoms with E-state index in [0.29, 0.717) is 100 Å². The second-order valence-corrected chi connectivity index (χ2v) is 24.7. The molecular weight excluding hydrogens is 1390 g/mol. The summed E-state index contributed by atoms with van der Waals surface area (Å²) in [5.74, 6) is 1.75. The highest BCUT2D eigenvalue weighted by molar-refractivity contribution is 6.31. The minimum atomic E-state index is -1.01. The molecule has 4 aromatic carbocycles. The van der Waals surface area contributed by atoms with Crippen molar-refractivity contribution >= 4 is 112 Å². The lowest BCUT2D eigenvalue weighted by atomic mass is 10.2. The molecule has 0 saturated heterocycles. The van der Waals surface area contributed by atoms with E-state index >= 15 is 0 Å². The van der Waals surface area contributed by atoms with Gasteiger partial charge < -0.3 is 65.5 Å². The van der Waals surface area contributed by atoms with Crippen molar-refractivity contribution in [3.63, 3.8) is 0 Å². The van der Waals surface area contributed by atoms with Gasteiger partial charge in [-0.1, -0.05) is 48.0 Å². The summed E-state index contributed by atoms with van der Waals surface area (Å²) in [6.07, 6.45) is 9.34. The van der Waals surface area contributed by atoms with Crippen molar-refractivity contribution < 1.29 is 26.3 Å². The number of aromatic nitrogens is 20. The van der Waals surface area contributed by atoms with Gasteiger partial charge in [0.25, 0.3) is 0 Å². The minimum Gasteiger partial charge on any atom is -0.368 e. The molecule has 0 aliphatic heterocycles. The number of nitrogens with two attached hydrogens (primary N) is 4. The van der Waals surface area contributed by atoms with Crippen LogP contribution in [0.1, 0.15) is 120 Å². The van der Waals surface area contributed by atoms with Gasteiger partial charge in [0.05, 0.1) is 6.57 Å². The average Bonchev–Trinajstić information content (AvgIpc) is 1.59. The Morgan fingerprint density at radius 3 is 1.05 bits per heavy atom. The Hall–Kier alpha value is -13.3. The van der Waals surface area contributed by atoms with Gasteiger partial charge in [-0.25, -0.2) is 31.2 Å². The van der Waals surface area contributed by atoms with Crippen molar-refractivity contribution in [1.82, 2.24) is 101 Å². The van der Waals surface area contributed by atoms with Gasteiger partial charge in [0, 0.05) is 131 Å². The number of H-pyrrole nitrogens is 4. The monoisotopic (exact) mass is 1460 g/mol. The maximum atomic E-state index is 13.7. The first-order chi connectivity index (χ1) is 50.8. The van der Waals surface area contributed by atoms with E-state index in [2.05, 4.69) is 148 Å². The number of halogens is 7. The Morgan fingerprint density at radius 1 is 0.371 bits per heavy atom. The van der Waals surface area contributed by atoms with Gasteiger partial charge in [-0.05, 0) is 80.7 Å². The summed E-state index contributed by atoms with van der Waals surface area (Å²) in [5, 5.41) is 52.5. The van der Waals surface area contributed by atoms with E-state index in [0.717, 1.165) is 60.1 Å². The fourth-order valence-corrected chi connectivity index (χ4v) is 10.3. The molecule has 0 amide bonds. The normalized spacial score (nSPS) is 13.5. The van der Waals surface area contributed by atoms with Gasteiger partial charge >= 0.3 is 0 Å². The highest BCUT2D eigenvalue weighted by atomic mass is 35.5. The van der Waals surface area contributed by atoms with Gasteiger partial charge in [-0.3, -0.25) is 20.4 Å². The van der Waals surface area contributed by atoms with Crippen LogP contribution in [0.3, 0.4) is 0 Å². The zero-order valence-corrected chi connectivity index (χ0v) is 55.8. The molecule has 0 spiro atoms.